The first-order valence-corrected chi connectivity index (χ1v) is 7.07. The number of rotatable bonds is 3. The molecule has 2 saturated heterocycles. The van der Waals surface area contributed by atoms with Gasteiger partial charge in [-0.2, -0.15) is 0 Å². The summed E-state index contributed by atoms with van der Waals surface area (Å²) in [6.45, 7) is 13.6. The minimum Gasteiger partial charge on any atom is -0.377 e. The molecule has 2 rings (SSSR count). The molecule has 0 aromatic carbocycles. The second kappa shape index (κ2) is 4.87. The summed E-state index contributed by atoms with van der Waals surface area (Å²) < 4.78 is 5.79. The third-order valence-electron chi connectivity index (χ3n) is 4.57. The normalized spacial score (nSPS) is 38.5. The zero-order chi connectivity index (χ0) is 12.5. The van der Waals surface area contributed by atoms with Gasteiger partial charge >= 0.3 is 0 Å². The van der Waals surface area contributed by atoms with E-state index in [-0.39, 0.29) is 11.1 Å². The van der Waals surface area contributed by atoms with Crippen molar-refractivity contribution in [3.8, 4) is 0 Å². The molecular weight excluding hydrogens is 212 g/mol. The molecule has 0 aromatic rings. The maximum absolute atomic E-state index is 5.79. The standard InChI is InChI=1S/C14H28N2O/c1-5-14(4)11-16(13(2,3)10-15-14)9-12-7-6-8-17-12/h12,15H,5-11H2,1-4H3. The molecule has 2 unspecified atom stereocenters. The minimum absolute atomic E-state index is 0.251. The predicted molar refractivity (Wildman–Crippen MR) is 71.3 cm³/mol. The zero-order valence-electron chi connectivity index (χ0n) is 11.9. The van der Waals surface area contributed by atoms with Crippen LogP contribution in [-0.2, 0) is 4.74 Å². The van der Waals surface area contributed by atoms with Gasteiger partial charge in [-0.15, -0.1) is 0 Å². The Morgan fingerprint density at radius 3 is 2.71 bits per heavy atom. The van der Waals surface area contributed by atoms with Crippen LogP contribution in [0.1, 0.15) is 47.0 Å². The van der Waals surface area contributed by atoms with Gasteiger partial charge in [0.05, 0.1) is 6.10 Å². The average Bonchev–Trinajstić information content (AvgIpc) is 2.77. The van der Waals surface area contributed by atoms with Crippen molar-refractivity contribution in [1.82, 2.24) is 10.2 Å². The number of hydrogen-bond acceptors (Lipinski definition) is 3. The van der Waals surface area contributed by atoms with Gasteiger partial charge < -0.3 is 10.1 Å². The highest BCUT2D eigenvalue weighted by molar-refractivity contribution is 4.99. The van der Waals surface area contributed by atoms with Crippen molar-refractivity contribution in [3.05, 3.63) is 0 Å². The van der Waals surface area contributed by atoms with Crippen LogP contribution in [0.25, 0.3) is 0 Å². The number of ether oxygens (including phenoxy) is 1. The van der Waals surface area contributed by atoms with Crippen molar-refractivity contribution in [2.45, 2.75) is 64.1 Å². The van der Waals surface area contributed by atoms with Gasteiger partial charge in [0.25, 0.3) is 0 Å². The van der Waals surface area contributed by atoms with Gasteiger partial charge in [0.1, 0.15) is 0 Å². The maximum Gasteiger partial charge on any atom is 0.0703 e. The smallest absolute Gasteiger partial charge is 0.0703 e. The van der Waals surface area contributed by atoms with E-state index in [9.17, 15) is 0 Å². The van der Waals surface area contributed by atoms with Crippen LogP contribution in [0.15, 0.2) is 0 Å². The molecule has 100 valence electrons. The van der Waals surface area contributed by atoms with Crippen LogP contribution in [-0.4, -0.2) is 48.3 Å². The van der Waals surface area contributed by atoms with Crippen molar-refractivity contribution in [2.75, 3.05) is 26.2 Å². The summed E-state index contributed by atoms with van der Waals surface area (Å²) in [6, 6.07) is 0. The SMILES string of the molecule is CCC1(C)CN(CC2CCCO2)C(C)(C)CN1. The largest absolute Gasteiger partial charge is 0.377 e. The summed E-state index contributed by atoms with van der Waals surface area (Å²) in [7, 11) is 0. The molecule has 0 aromatic heterocycles. The predicted octanol–water partition coefficient (Wildman–Crippen LogP) is 2.02. The van der Waals surface area contributed by atoms with E-state index in [1.807, 2.05) is 0 Å². The Hall–Kier alpha value is -0.120. The fourth-order valence-corrected chi connectivity index (χ4v) is 2.82. The topological polar surface area (TPSA) is 24.5 Å². The third kappa shape index (κ3) is 3.01. The number of piperazine rings is 1. The molecule has 0 radical (unpaired) electrons. The highest BCUT2D eigenvalue weighted by atomic mass is 16.5. The maximum atomic E-state index is 5.79. The highest BCUT2D eigenvalue weighted by Gasteiger charge is 2.40. The summed E-state index contributed by atoms with van der Waals surface area (Å²) >= 11 is 0. The van der Waals surface area contributed by atoms with Gasteiger partial charge in [0.2, 0.25) is 0 Å². The Labute approximate surface area is 106 Å². The van der Waals surface area contributed by atoms with Crippen LogP contribution in [0, 0.1) is 0 Å². The van der Waals surface area contributed by atoms with E-state index in [4.69, 9.17) is 4.74 Å². The van der Waals surface area contributed by atoms with Crippen LogP contribution >= 0.6 is 0 Å². The lowest BCUT2D eigenvalue weighted by atomic mass is 9.88. The molecule has 2 aliphatic heterocycles. The molecule has 1 N–H and O–H groups in total. The minimum atomic E-state index is 0.251. The van der Waals surface area contributed by atoms with Crippen molar-refractivity contribution in [3.63, 3.8) is 0 Å². The van der Waals surface area contributed by atoms with Crippen molar-refractivity contribution in [1.29, 1.82) is 0 Å². The fraction of sp³-hybridized carbons (Fsp3) is 1.00. The highest BCUT2D eigenvalue weighted by Crippen LogP contribution is 2.27. The molecule has 0 aliphatic carbocycles. The lowest BCUT2D eigenvalue weighted by Crippen LogP contribution is -2.67. The van der Waals surface area contributed by atoms with Gasteiger partial charge in [-0.05, 0) is 40.0 Å². The van der Waals surface area contributed by atoms with Gasteiger partial charge in [0, 0.05) is 37.3 Å². The Bertz CT molecular complexity index is 261. The molecule has 17 heavy (non-hydrogen) atoms. The molecule has 2 aliphatic rings. The molecule has 0 spiro atoms. The van der Waals surface area contributed by atoms with E-state index >= 15 is 0 Å². The molecule has 2 fully saturated rings. The van der Waals surface area contributed by atoms with E-state index in [1.165, 1.54) is 19.3 Å². The number of hydrogen-bond donors (Lipinski definition) is 1. The lowest BCUT2D eigenvalue weighted by Gasteiger charge is -2.51. The summed E-state index contributed by atoms with van der Waals surface area (Å²) in [6.07, 6.45) is 4.13. The van der Waals surface area contributed by atoms with Crippen LogP contribution in [0.2, 0.25) is 0 Å². The summed E-state index contributed by atoms with van der Waals surface area (Å²) in [5.41, 5.74) is 0.523. The molecule has 0 bridgehead atoms. The van der Waals surface area contributed by atoms with Crippen LogP contribution < -0.4 is 5.32 Å². The Morgan fingerprint density at radius 1 is 1.35 bits per heavy atom. The molecule has 0 amide bonds. The van der Waals surface area contributed by atoms with E-state index in [0.29, 0.717) is 6.10 Å². The van der Waals surface area contributed by atoms with Gasteiger partial charge in [-0.25, -0.2) is 0 Å². The van der Waals surface area contributed by atoms with Crippen LogP contribution in [0.5, 0.6) is 0 Å². The summed E-state index contributed by atoms with van der Waals surface area (Å²) in [5.74, 6) is 0. The molecule has 2 atom stereocenters. The summed E-state index contributed by atoms with van der Waals surface area (Å²) in [4.78, 5) is 2.63. The number of nitrogens with one attached hydrogen (secondary N) is 1. The molecule has 2 heterocycles. The quantitative estimate of drug-likeness (QED) is 0.817. The number of nitrogens with zero attached hydrogens (tertiary/aromatic N) is 1. The average molecular weight is 240 g/mol. The Kier molecular flexibility index (Phi) is 3.81. The molecule has 0 saturated carbocycles. The fourth-order valence-electron chi connectivity index (χ4n) is 2.82. The second-order valence-corrected chi connectivity index (χ2v) is 6.60. The van der Waals surface area contributed by atoms with Crippen LogP contribution in [0.4, 0.5) is 0 Å². The molecular formula is C14H28N2O. The van der Waals surface area contributed by atoms with E-state index in [1.54, 1.807) is 0 Å². The monoisotopic (exact) mass is 240 g/mol. The Balaban J connectivity index is 1.99. The van der Waals surface area contributed by atoms with Gasteiger partial charge in [0.15, 0.2) is 0 Å². The van der Waals surface area contributed by atoms with E-state index in [2.05, 4.69) is 37.9 Å². The van der Waals surface area contributed by atoms with Gasteiger partial charge in [-0.3, -0.25) is 4.90 Å². The first-order chi connectivity index (χ1) is 7.95. The zero-order valence-corrected chi connectivity index (χ0v) is 11.9. The Morgan fingerprint density at radius 2 is 2.12 bits per heavy atom. The van der Waals surface area contributed by atoms with Crippen molar-refractivity contribution in [2.24, 2.45) is 0 Å². The van der Waals surface area contributed by atoms with Crippen molar-refractivity contribution >= 4 is 0 Å². The first kappa shape index (κ1) is 13.3. The van der Waals surface area contributed by atoms with Gasteiger partial charge in [-0.1, -0.05) is 6.92 Å². The lowest BCUT2D eigenvalue weighted by molar-refractivity contribution is -0.0115. The molecule has 3 nitrogen and oxygen atoms in total. The summed E-state index contributed by atoms with van der Waals surface area (Å²) in [5, 5.41) is 3.71. The molecule has 3 heteroatoms. The van der Waals surface area contributed by atoms with Crippen molar-refractivity contribution < 1.29 is 4.74 Å². The second-order valence-electron chi connectivity index (χ2n) is 6.60. The first-order valence-electron chi connectivity index (χ1n) is 7.07. The third-order valence-corrected chi connectivity index (χ3v) is 4.57. The van der Waals surface area contributed by atoms with Crippen LogP contribution in [0.3, 0.4) is 0 Å². The van der Waals surface area contributed by atoms with E-state index < -0.39 is 0 Å². The van der Waals surface area contributed by atoms with E-state index in [0.717, 1.165) is 26.2 Å².